The first-order chi connectivity index (χ1) is 14.3. The molecule has 0 N–H and O–H groups in total. The Bertz CT molecular complexity index is 886. The highest BCUT2D eigenvalue weighted by atomic mass is 16.5. The van der Waals surface area contributed by atoms with Crippen molar-refractivity contribution in [2.45, 2.75) is 46.6 Å². The van der Waals surface area contributed by atoms with Crippen LogP contribution in [-0.4, -0.2) is 38.2 Å². The fraction of sp³-hybridized carbons (Fsp3) is 0.480. The Kier molecular flexibility index (Phi) is 6.91. The van der Waals surface area contributed by atoms with E-state index in [4.69, 9.17) is 14.2 Å². The molecule has 5 nitrogen and oxygen atoms in total. The third-order valence-corrected chi connectivity index (χ3v) is 5.51. The number of aryl methyl sites for hydroxylation is 2. The molecule has 0 bridgehead atoms. The lowest BCUT2D eigenvalue weighted by molar-refractivity contribution is -0.135. The summed E-state index contributed by atoms with van der Waals surface area (Å²) in [6.07, 6.45) is 1.32. The number of fused-ring (bicyclic) bond motifs is 1. The van der Waals surface area contributed by atoms with Crippen LogP contribution in [0.4, 0.5) is 0 Å². The molecule has 0 saturated carbocycles. The van der Waals surface area contributed by atoms with E-state index in [1.165, 1.54) is 5.56 Å². The first-order valence-corrected chi connectivity index (χ1v) is 10.6. The summed E-state index contributed by atoms with van der Waals surface area (Å²) in [5.74, 6) is 2.69. The van der Waals surface area contributed by atoms with Gasteiger partial charge in [-0.05, 0) is 72.7 Å². The van der Waals surface area contributed by atoms with Crippen molar-refractivity contribution < 1.29 is 19.0 Å². The summed E-state index contributed by atoms with van der Waals surface area (Å²) in [5.41, 5.74) is 4.57. The predicted octanol–water partition coefficient (Wildman–Crippen LogP) is 4.87. The van der Waals surface area contributed by atoms with E-state index in [0.29, 0.717) is 37.0 Å². The molecule has 2 aromatic carbocycles. The Labute approximate surface area is 179 Å². The number of amides is 1. The second kappa shape index (κ2) is 9.41. The molecular weight excluding hydrogens is 378 g/mol. The number of ether oxygens (including phenoxy) is 3. The number of hydrogen-bond acceptors (Lipinski definition) is 4. The van der Waals surface area contributed by atoms with E-state index in [1.54, 1.807) is 14.2 Å². The van der Waals surface area contributed by atoms with E-state index >= 15 is 0 Å². The zero-order valence-corrected chi connectivity index (χ0v) is 19.0. The van der Waals surface area contributed by atoms with Crippen LogP contribution in [0.1, 0.15) is 48.6 Å². The molecule has 0 spiro atoms. The minimum absolute atomic E-state index is 0.166. The predicted molar refractivity (Wildman–Crippen MR) is 119 cm³/mol. The first-order valence-electron chi connectivity index (χ1n) is 10.6. The molecular formula is C25H33NO4. The van der Waals surface area contributed by atoms with Crippen molar-refractivity contribution in [2.24, 2.45) is 5.92 Å². The van der Waals surface area contributed by atoms with Gasteiger partial charge in [0.25, 0.3) is 0 Å². The molecule has 0 aromatic heterocycles. The smallest absolute Gasteiger partial charge is 0.223 e. The van der Waals surface area contributed by atoms with Crippen molar-refractivity contribution >= 4 is 5.91 Å². The van der Waals surface area contributed by atoms with E-state index < -0.39 is 0 Å². The Morgan fingerprint density at radius 1 is 1.03 bits per heavy atom. The lowest BCUT2D eigenvalue weighted by atomic mass is 9.91. The number of rotatable bonds is 7. The van der Waals surface area contributed by atoms with Crippen LogP contribution in [0.5, 0.6) is 17.2 Å². The van der Waals surface area contributed by atoms with Gasteiger partial charge < -0.3 is 19.1 Å². The van der Waals surface area contributed by atoms with E-state index in [1.807, 2.05) is 29.2 Å². The van der Waals surface area contributed by atoms with E-state index in [2.05, 4.69) is 33.8 Å². The number of hydrogen-bond donors (Lipinski definition) is 0. The molecule has 1 atom stereocenters. The molecule has 0 fully saturated rings. The second-order valence-electron chi connectivity index (χ2n) is 8.49. The van der Waals surface area contributed by atoms with Gasteiger partial charge in [-0.1, -0.05) is 19.9 Å². The number of carbonyl (C=O) groups excluding carboxylic acids is 1. The molecule has 1 unspecified atom stereocenters. The zero-order valence-electron chi connectivity index (χ0n) is 19.0. The van der Waals surface area contributed by atoms with Crippen molar-refractivity contribution in [1.82, 2.24) is 4.90 Å². The Morgan fingerprint density at radius 2 is 1.67 bits per heavy atom. The van der Waals surface area contributed by atoms with Crippen LogP contribution in [0.25, 0.3) is 0 Å². The molecule has 0 radical (unpaired) electrons. The van der Waals surface area contributed by atoms with E-state index in [9.17, 15) is 4.79 Å². The molecule has 1 aliphatic heterocycles. The number of nitrogens with zero attached hydrogens (tertiary/aromatic N) is 1. The first kappa shape index (κ1) is 22.0. The van der Waals surface area contributed by atoms with Crippen LogP contribution in [0.2, 0.25) is 0 Å². The maximum Gasteiger partial charge on any atom is 0.223 e. The summed E-state index contributed by atoms with van der Waals surface area (Å²) in [6.45, 7) is 9.34. The zero-order chi connectivity index (χ0) is 21.8. The summed E-state index contributed by atoms with van der Waals surface area (Å²) in [5, 5.41) is 0. The van der Waals surface area contributed by atoms with Gasteiger partial charge in [0.2, 0.25) is 5.91 Å². The molecule has 1 heterocycles. The van der Waals surface area contributed by atoms with Gasteiger partial charge in [0.1, 0.15) is 12.4 Å². The molecule has 2 aromatic rings. The van der Waals surface area contributed by atoms with Crippen LogP contribution in [0.3, 0.4) is 0 Å². The van der Waals surface area contributed by atoms with E-state index in [-0.39, 0.29) is 11.9 Å². The van der Waals surface area contributed by atoms with Crippen LogP contribution in [-0.2, 0) is 11.2 Å². The van der Waals surface area contributed by atoms with Crippen molar-refractivity contribution in [1.29, 1.82) is 0 Å². The van der Waals surface area contributed by atoms with Gasteiger partial charge in [-0.3, -0.25) is 4.79 Å². The van der Waals surface area contributed by atoms with Gasteiger partial charge in [0.05, 0.1) is 20.3 Å². The van der Waals surface area contributed by atoms with Crippen molar-refractivity contribution in [2.75, 3.05) is 27.4 Å². The monoisotopic (exact) mass is 411 g/mol. The highest BCUT2D eigenvalue weighted by Gasteiger charge is 2.33. The fourth-order valence-corrected chi connectivity index (χ4v) is 4.16. The summed E-state index contributed by atoms with van der Waals surface area (Å²) in [4.78, 5) is 15.0. The lowest BCUT2D eigenvalue weighted by Gasteiger charge is -2.38. The van der Waals surface area contributed by atoms with Gasteiger partial charge in [-0.25, -0.2) is 0 Å². The number of carbonyl (C=O) groups is 1. The Hall–Kier alpha value is -2.69. The molecule has 5 heteroatoms. The average molecular weight is 412 g/mol. The molecule has 0 aliphatic carbocycles. The summed E-state index contributed by atoms with van der Waals surface area (Å²) < 4.78 is 17.2. The molecule has 1 amide bonds. The van der Waals surface area contributed by atoms with Gasteiger partial charge in [-0.2, -0.15) is 0 Å². The van der Waals surface area contributed by atoms with Crippen molar-refractivity contribution in [3.63, 3.8) is 0 Å². The van der Waals surface area contributed by atoms with Crippen LogP contribution >= 0.6 is 0 Å². The molecule has 3 rings (SSSR count). The third kappa shape index (κ3) is 4.89. The molecule has 1 aliphatic rings. The molecule has 162 valence electrons. The normalized spacial score (nSPS) is 15.7. The lowest BCUT2D eigenvalue weighted by Crippen LogP contribution is -2.43. The molecule has 30 heavy (non-hydrogen) atoms. The highest BCUT2D eigenvalue weighted by molar-refractivity contribution is 5.77. The number of methoxy groups -OCH3 is 2. The van der Waals surface area contributed by atoms with Crippen molar-refractivity contribution in [3.05, 3.63) is 52.6 Å². The van der Waals surface area contributed by atoms with Gasteiger partial charge in [0.15, 0.2) is 11.5 Å². The third-order valence-electron chi connectivity index (χ3n) is 5.51. The van der Waals surface area contributed by atoms with Crippen LogP contribution in [0, 0.1) is 19.8 Å². The second-order valence-corrected chi connectivity index (χ2v) is 8.49. The largest absolute Gasteiger partial charge is 0.493 e. The maximum absolute atomic E-state index is 13.0. The Balaban J connectivity index is 1.95. The van der Waals surface area contributed by atoms with Gasteiger partial charge >= 0.3 is 0 Å². The highest BCUT2D eigenvalue weighted by Crippen LogP contribution is 2.39. The summed E-state index contributed by atoms with van der Waals surface area (Å²) in [7, 11) is 3.28. The molecule has 0 saturated heterocycles. The van der Waals surface area contributed by atoms with Crippen LogP contribution < -0.4 is 14.2 Å². The quantitative estimate of drug-likeness (QED) is 0.652. The SMILES string of the molecule is COc1cc2c(cc1OC)C(COc1cc(C)cc(C)c1)N(C(=O)CC(C)C)CC2. The standard InChI is InChI=1S/C25H33NO4/c1-16(2)9-25(27)26-8-7-19-13-23(28-5)24(29-6)14-21(19)22(26)15-30-20-11-17(3)10-18(4)12-20/h10-14,16,22H,7-9,15H2,1-6H3. The van der Waals surface area contributed by atoms with Crippen molar-refractivity contribution in [3.8, 4) is 17.2 Å². The Morgan fingerprint density at radius 3 is 2.27 bits per heavy atom. The maximum atomic E-state index is 13.0. The minimum Gasteiger partial charge on any atom is -0.493 e. The summed E-state index contributed by atoms with van der Waals surface area (Å²) in [6, 6.07) is 10.1. The average Bonchev–Trinajstić information content (AvgIpc) is 2.69. The number of benzene rings is 2. The minimum atomic E-state index is -0.166. The van der Waals surface area contributed by atoms with E-state index in [0.717, 1.165) is 28.9 Å². The fourth-order valence-electron chi connectivity index (χ4n) is 4.16. The van der Waals surface area contributed by atoms with Crippen LogP contribution in [0.15, 0.2) is 30.3 Å². The topological polar surface area (TPSA) is 48.0 Å². The van der Waals surface area contributed by atoms with Gasteiger partial charge in [-0.15, -0.1) is 0 Å². The summed E-state index contributed by atoms with van der Waals surface area (Å²) >= 11 is 0. The van der Waals surface area contributed by atoms with Gasteiger partial charge in [0, 0.05) is 13.0 Å².